The Morgan fingerprint density at radius 3 is 1.09 bits per heavy atom. The normalized spacial score (nSPS) is 38.1. The fourth-order valence-corrected chi connectivity index (χ4v) is 33.6. The third kappa shape index (κ3) is 6.56. The van der Waals surface area contributed by atoms with Gasteiger partial charge in [-0.15, -0.1) is 0 Å². The van der Waals surface area contributed by atoms with Gasteiger partial charge in [-0.2, -0.15) is 0 Å². The maximum Gasteiger partial charge on any atom is 0.201 e. The number of nitrogens with zero attached hydrogens (tertiary/aromatic N) is 1. The summed E-state index contributed by atoms with van der Waals surface area (Å²) in [6, 6.07) is 10.2. The Kier molecular flexibility index (Phi) is 11.1. The second kappa shape index (κ2) is 14.8. The number of anilines is 1. The van der Waals surface area contributed by atoms with Gasteiger partial charge in [0.2, 0.25) is 16.6 Å². The first-order chi connectivity index (χ1) is 25.5. The molecule has 10 rings (SSSR count). The molecule has 8 bridgehead atoms. The lowest BCUT2D eigenvalue weighted by Gasteiger charge is -2.67. The smallest absolute Gasteiger partial charge is 0.201 e. The van der Waals surface area contributed by atoms with Gasteiger partial charge in [0.15, 0.2) is 0 Å². The van der Waals surface area contributed by atoms with Crippen LogP contribution in [0, 0.1) is 35.5 Å². The second-order valence-corrected chi connectivity index (χ2v) is 36.8. The molecule has 1 aliphatic heterocycles. The summed E-state index contributed by atoms with van der Waals surface area (Å²) < 4.78 is 15.9. The Morgan fingerprint density at radius 1 is 0.500 bits per heavy atom. The van der Waals surface area contributed by atoms with Gasteiger partial charge in [-0.1, -0.05) is 109 Å². The van der Waals surface area contributed by atoms with Crippen LogP contribution in [0.1, 0.15) is 160 Å². The molecule has 1 unspecified atom stereocenters. The SMILES string of the molecule is CC(C)[Si](OC1CN(c2ccccc2P(C23CC4CC(CC(C4)C2)C3)C23CC4CC(CC(C4)C2)C3)C[C@@H]1O[Si](C(C)C)(C(C)C)C(C)C)(C(C)C)C(C)C. The van der Waals surface area contributed by atoms with Crippen LogP contribution in [0.25, 0.3) is 0 Å². The van der Waals surface area contributed by atoms with Gasteiger partial charge < -0.3 is 13.8 Å². The summed E-state index contributed by atoms with van der Waals surface area (Å²) in [5.74, 6) is 6.04. The van der Waals surface area contributed by atoms with Crippen LogP contribution < -0.4 is 10.2 Å². The zero-order valence-corrected chi connectivity index (χ0v) is 39.9. The predicted molar refractivity (Wildman–Crippen MR) is 239 cm³/mol. The van der Waals surface area contributed by atoms with Crippen LogP contribution in [0.2, 0.25) is 33.2 Å². The average Bonchev–Trinajstić information content (AvgIpc) is 3.45. The summed E-state index contributed by atoms with van der Waals surface area (Å²) in [5.41, 5.74) is 5.03. The summed E-state index contributed by atoms with van der Waals surface area (Å²) in [7, 11) is -4.57. The molecular formula is C48H82NO2PSi2. The predicted octanol–water partition coefficient (Wildman–Crippen LogP) is 13.7. The summed E-state index contributed by atoms with van der Waals surface area (Å²) in [5, 5.41) is 2.97. The minimum absolute atomic E-state index is 0.130. The van der Waals surface area contributed by atoms with E-state index in [2.05, 4.69) is 112 Å². The maximum atomic E-state index is 7.93. The lowest BCUT2D eigenvalue weighted by atomic mass is 9.55. The molecule has 1 aromatic rings. The van der Waals surface area contributed by atoms with E-state index >= 15 is 0 Å². The van der Waals surface area contributed by atoms with Crippen molar-refractivity contribution in [1.82, 2.24) is 0 Å². The molecule has 54 heavy (non-hydrogen) atoms. The first kappa shape index (κ1) is 40.6. The molecule has 0 spiro atoms. The number of rotatable bonds is 14. The zero-order chi connectivity index (χ0) is 38.5. The third-order valence-corrected chi connectivity index (χ3v) is 33.9. The highest BCUT2D eigenvalue weighted by molar-refractivity contribution is 7.69. The van der Waals surface area contributed by atoms with Gasteiger partial charge in [0.1, 0.15) is 0 Å². The molecule has 0 aromatic heterocycles. The van der Waals surface area contributed by atoms with Crippen molar-refractivity contribution in [2.24, 2.45) is 35.5 Å². The highest BCUT2D eigenvalue weighted by Crippen LogP contribution is 2.78. The van der Waals surface area contributed by atoms with Gasteiger partial charge >= 0.3 is 0 Å². The third-order valence-electron chi connectivity index (χ3n) is 17.8. The molecule has 8 saturated carbocycles. The van der Waals surface area contributed by atoms with E-state index in [1.807, 2.05) is 5.30 Å². The first-order valence-corrected chi connectivity index (χ1v) is 29.1. The topological polar surface area (TPSA) is 21.7 Å². The average molecular weight is 792 g/mol. The van der Waals surface area contributed by atoms with E-state index in [0.717, 1.165) is 48.6 Å². The van der Waals surface area contributed by atoms with Crippen molar-refractivity contribution in [3.05, 3.63) is 24.3 Å². The largest absolute Gasteiger partial charge is 0.409 e. The lowest BCUT2D eigenvalue weighted by molar-refractivity contribution is 0.0195. The molecule has 304 valence electrons. The van der Waals surface area contributed by atoms with Gasteiger partial charge in [0, 0.05) is 24.1 Å². The molecule has 1 heterocycles. The number of hydrogen-bond donors (Lipinski definition) is 0. The van der Waals surface area contributed by atoms with E-state index in [1.165, 1.54) is 0 Å². The van der Waals surface area contributed by atoms with Crippen LogP contribution in [0.15, 0.2) is 24.3 Å². The monoisotopic (exact) mass is 792 g/mol. The molecule has 2 atom stereocenters. The summed E-state index contributed by atoms with van der Waals surface area (Å²) in [4.78, 5) is 2.88. The van der Waals surface area contributed by atoms with Crippen molar-refractivity contribution >= 4 is 35.5 Å². The van der Waals surface area contributed by atoms with Crippen molar-refractivity contribution in [2.75, 3.05) is 18.0 Å². The zero-order valence-electron chi connectivity index (χ0n) is 37.0. The van der Waals surface area contributed by atoms with E-state index < -0.39 is 16.6 Å². The van der Waals surface area contributed by atoms with E-state index in [4.69, 9.17) is 8.85 Å². The molecule has 8 aliphatic carbocycles. The van der Waals surface area contributed by atoms with Gasteiger partial charge in [0.25, 0.3) is 0 Å². The van der Waals surface area contributed by atoms with Gasteiger partial charge in [-0.25, -0.2) is 0 Å². The second-order valence-electron chi connectivity index (χ2n) is 23.0. The van der Waals surface area contributed by atoms with Crippen molar-refractivity contribution in [3.8, 4) is 0 Å². The molecule has 6 heteroatoms. The van der Waals surface area contributed by atoms with E-state index in [0.29, 0.717) is 43.6 Å². The maximum absolute atomic E-state index is 7.93. The first-order valence-electron chi connectivity index (χ1n) is 23.5. The van der Waals surface area contributed by atoms with Gasteiger partial charge in [-0.3, -0.25) is 0 Å². The molecule has 0 amide bonds. The van der Waals surface area contributed by atoms with Crippen molar-refractivity contribution in [1.29, 1.82) is 0 Å². The van der Waals surface area contributed by atoms with E-state index in [1.54, 1.807) is 82.7 Å². The molecule has 9 aliphatic rings. The molecule has 0 N–H and O–H groups in total. The van der Waals surface area contributed by atoms with Crippen LogP contribution in [0.4, 0.5) is 5.69 Å². The molecule has 9 fully saturated rings. The van der Waals surface area contributed by atoms with E-state index in [-0.39, 0.29) is 20.1 Å². The summed E-state index contributed by atoms with van der Waals surface area (Å²) in [6.45, 7) is 31.7. The van der Waals surface area contributed by atoms with Crippen LogP contribution in [-0.2, 0) is 8.85 Å². The highest BCUT2D eigenvalue weighted by Gasteiger charge is 2.64. The summed E-state index contributed by atoms with van der Waals surface area (Å²) >= 11 is 0. The minimum Gasteiger partial charge on any atom is -0.409 e. The Hall–Kier alpha value is -0.196. The van der Waals surface area contributed by atoms with Crippen molar-refractivity contribution in [2.45, 2.75) is 216 Å². The Labute approximate surface area is 336 Å². The lowest BCUT2D eigenvalue weighted by Crippen LogP contribution is -2.58. The number of benzene rings is 1. The number of hydrogen-bond acceptors (Lipinski definition) is 3. The molecule has 1 aromatic carbocycles. The minimum atomic E-state index is -2.14. The Morgan fingerprint density at radius 2 is 0.796 bits per heavy atom. The highest BCUT2D eigenvalue weighted by atomic mass is 31.1. The van der Waals surface area contributed by atoms with Crippen molar-refractivity contribution < 1.29 is 8.85 Å². The van der Waals surface area contributed by atoms with Crippen LogP contribution >= 0.6 is 7.92 Å². The molecule has 3 nitrogen and oxygen atoms in total. The standard InChI is InChI=1S/C48H82NO2PSi2/c1-31(2)53(32(3)4,33(5)6)50-44-29-49(30-45(44)51-54(34(7)8,35(9)10)36(11)12)43-15-13-14-16-46(43)52(47-23-37-17-38(24-47)19-39(18-37)25-47)48-26-40-20-41(27-48)22-42(21-40)28-48/h13-16,31-42,44-45H,17-30H2,1-12H3/t37?,38?,39?,40?,41?,42?,44-,45?,47?,48?,52?/m0/s1. The van der Waals surface area contributed by atoms with Gasteiger partial charge in [-0.05, 0) is 162 Å². The fourth-order valence-electron chi connectivity index (χ4n) is 17.1. The fraction of sp³-hybridized carbons (Fsp3) is 0.875. The van der Waals surface area contributed by atoms with Gasteiger partial charge in [0.05, 0.1) is 12.2 Å². The Balaban J connectivity index is 1.22. The Bertz CT molecular complexity index is 1290. The van der Waals surface area contributed by atoms with Crippen LogP contribution in [0.3, 0.4) is 0 Å². The molecule has 0 radical (unpaired) electrons. The molecular weight excluding hydrogens is 710 g/mol. The summed E-state index contributed by atoms with van der Waals surface area (Å²) in [6.07, 6.45) is 18.9. The van der Waals surface area contributed by atoms with Crippen molar-refractivity contribution in [3.63, 3.8) is 0 Å². The van der Waals surface area contributed by atoms with Crippen LogP contribution in [-0.4, -0.2) is 52.2 Å². The van der Waals surface area contributed by atoms with E-state index in [9.17, 15) is 0 Å². The quantitative estimate of drug-likeness (QED) is 0.138. The molecule has 1 saturated heterocycles. The van der Waals surface area contributed by atoms with Crippen LogP contribution in [0.5, 0.6) is 0 Å². The number of para-hydroxylation sites is 1.